The largest absolute Gasteiger partial charge is 0.312 e. The highest BCUT2D eigenvalue weighted by molar-refractivity contribution is 5.12. The minimum Gasteiger partial charge on any atom is -0.312 e. The van der Waals surface area contributed by atoms with Crippen LogP contribution in [-0.4, -0.2) is 21.9 Å². The van der Waals surface area contributed by atoms with Crippen molar-refractivity contribution in [2.75, 3.05) is 6.54 Å². The molecule has 1 aromatic heterocycles. The number of rotatable bonds is 5. The highest BCUT2D eigenvalue weighted by Gasteiger charge is 2.31. The first kappa shape index (κ1) is 14.6. The Bertz CT molecular complexity index is 389. The van der Waals surface area contributed by atoms with E-state index >= 15 is 0 Å². The van der Waals surface area contributed by atoms with E-state index in [1.807, 2.05) is 6.20 Å². The van der Waals surface area contributed by atoms with Gasteiger partial charge in [0.05, 0.1) is 0 Å². The summed E-state index contributed by atoms with van der Waals surface area (Å²) in [5, 5.41) is 8.17. The third-order valence-electron chi connectivity index (χ3n) is 4.12. The maximum Gasteiger partial charge on any atom is 0.0492 e. The molecular weight excluding hydrogens is 234 g/mol. The summed E-state index contributed by atoms with van der Waals surface area (Å²) >= 11 is 0. The van der Waals surface area contributed by atoms with Crippen LogP contribution < -0.4 is 5.32 Å². The van der Waals surface area contributed by atoms with Crippen LogP contribution in [0, 0.1) is 5.92 Å². The highest BCUT2D eigenvalue weighted by Crippen LogP contribution is 2.39. The SMILES string of the molecule is CCCn1nccc1C1CCCC1CNC(C)(C)C. The van der Waals surface area contributed by atoms with Gasteiger partial charge < -0.3 is 5.32 Å². The Labute approximate surface area is 117 Å². The Balaban J connectivity index is 2.03. The summed E-state index contributed by atoms with van der Waals surface area (Å²) in [5.41, 5.74) is 1.68. The second-order valence-corrected chi connectivity index (χ2v) is 6.91. The molecule has 2 unspecified atom stereocenters. The van der Waals surface area contributed by atoms with Gasteiger partial charge in [-0.15, -0.1) is 0 Å². The van der Waals surface area contributed by atoms with Crippen molar-refractivity contribution in [1.82, 2.24) is 15.1 Å². The molecule has 19 heavy (non-hydrogen) atoms. The molecule has 0 aromatic carbocycles. The van der Waals surface area contributed by atoms with Gasteiger partial charge in [-0.2, -0.15) is 5.10 Å². The van der Waals surface area contributed by atoms with Gasteiger partial charge in [-0.25, -0.2) is 0 Å². The van der Waals surface area contributed by atoms with Crippen molar-refractivity contribution in [2.24, 2.45) is 5.92 Å². The van der Waals surface area contributed by atoms with Crippen LogP contribution in [0.25, 0.3) is 0 Å². The van der Waals surface area contributed by atoms with E-state index in [4.69, 9.17) is 0 Å². The minimum atomic E-state index is 0.219. The molecule has 1 fully saturated rings. The third-order valence-corrected chi connectivity index (χ3v) is 4.12. The van der Waals surface area contributed by atoms with Gasteiger partial charge in [0.25, 0.3) is 0 Å². The van der Waals surface area contributed by atoms with Gasteiger partial charge in [0.1, 0.15) is 0 Å². The van der Waals surface area contributed by atoms with E-state index in [1.54, 1.807) is 0 Å². The average molecular weight is 263 g/mol. The van der Waals surface area contributed by atoms with E-state index in [2.05, 4.69) is 48.9 Å². The predicted octanol–water partition coefficient (Wildman–Crippen LogP) is 3.56. The number of nitrogens with one attached hydrogen (secondary N) is 1. The first-order chi connectivity index (χ1) is 9.01. The van der Waals surface area contributed by atoms with E-state index in [0.717, 1.165) is 25.4 Å². The molecule has 1 aliphatic rings. The molecular formula is C16H29N3. The second-order valence-electron chi connectivity index (χ2n) is 6.91. The van der Waals surface area contributed by atoms with Crippen LogP contribution in [0.2, 0.25) is 0 Å². The molecule has 2 atom stereocenters. The van der Waals surface area contributed by atoms with Gasteiger partial charge in [-0.1, -0.05) is 13.3 Å². The first-order valence-electron chi connectivity index (χ1n) is 7.78. The quantitative estimate of drug-likeness (QED) is 0.880. The van der Waals surface area contributed by atoms with Gasteiger partial charge >= 0.3 is 0 Å². The lowest BCUT2D eigenvalue weighted by Crippen LogP contribution is -2.39. The zero-order valence-electron chi connectivity index (χ0n) is 12.9. The molecule has 3 nitrogen and oxygen atoms in total. The monoisotopic (exact) mass is 263 g/mol. The Kier molecular flexibility index (Phi) is 4.67. The molecule has 0 saturated heterocycles. The molecule has 2 rings (SSSR count). The number of hydrogen-bond acceptors (Lipinski definition) is 2. The number of aromatic nitrogens is 2. The molecule has 0 radical (unpaired) electrons. The van der Waals surface area contributed by atoms with Crippen LogP contribution in [0.3, 0.4) is 0 Å². The lowest BCUT2D eigenvalue weighted by atomic mass is 9.91. The van der Waals surface area contributed by atoms with Crippen molar-refractivity contribution in [3.63, 3.8) is 0 Å². The topological polar surface area (TPSA) is 29.9 Å². The number of aryl methyl sites for hydroxylation is 1. The van der Waals surface area contributed by atoms with Gasteiger partial charge in [0, 0.05) is 29.9 Å². The van der Waals surface area contributed by atoms with Crippen molar-refractivity contribution in [3.05, 3.63) is 18.0 Å². The van der Waals surface area contributed by atoms with Crippen molar-refractivity contribution >= 4 is 0 Å². The van der Waals surface area contributed by atoms with Crippen LogP contribution >= 0.6 is 0 Å². The van der Waals surface area contributed by atoms with Crippen LogP contribution in [0.4, 0.5) is 0 Å². The normalized spacial score (nSPS) is 24.0. The highest BCUT2D eigenvalue weighted by atomic mass is 15.3. The van der Waals surface area contributed by atoms with Crippen molar-refractivity contribution < 1.29 is 0 Å². The summed E-state index contributed by atoms with van der Waals surface area (Å²) in [4.78, 5) is 0. The lowest BCUT2D eigenvalue weighted by molar-refractivity contribution is 0.349. The lowest BCUT2D eigenvalue weighted by Gasteiger charge is -2.27. The Morgan fingerprint density at radius 3 is 2.84 bits per heavy atom. The molecule has 1 heterocycles. The van der Waals surface area contributed by atoms with Crippen molar-refractivity contribution in [1.29, 1.82) is 0 Å². The molecule has 0 amide bonds. The van der Waals surface area contributed by atoms with E-state index in [0.29, 0.717) is 5.92 Å². The summed E-state index contributed by atoms with van der Waals surface area (Å²) in [5.74, 6) is 1.47. The predicted molar refractivity (Wildman–Crippen MR) is 80.4 cm³/mol. The number of nitrogens with zero attached hydrogens (tertiary/aromatic N) is 2. The zero-order valence-corrected chi connectivity index (χ0v) is 12.9. The molecule has 1 N–H and O–H groups in total. The van der Waals surface area contributed by atoms with Crippen LogP contribution in [-0.2, 0) is 6.54 Å². The minimum absolute atomic E-state index is 0.219. The van der Waals surface area contributed by atoms with Gasteiger partial charge in [-0.05, 0) is 58.6 Å². The summed E-state index contributed by atoms with van der Waals surface area (Å²) < 4.78 is 2.22. The Hall–Kier alpha value is -0.830. The van der Waals surface area contributed by atoms with Gasteiger partial charge in [0.2, 0.25) is 0 Å². The van der Waals surface area contributed by atoms with E-state index < -0.39 is 0 Å². The van der Waals surface area contributed by atoms with Crippen molar-refractivity contribution in [3.8, 4) is 0 Å². The average Bonchev–Trinajstić information content (AvgIpc) is 2.93. The van der Waals surface area contributed by atoms with Gasteiger partial charge in [-0.3, -0.25) is 4.68 Å². The molecule has 1 aromatic rings. The second kappa shape index (κ2) is 6.08. The maximum absolute atomic E-state index is 4.49. The fraction of sp³-hybridized carbons (Fsp3) is 0.812. The summed E-state index contributed by atoms with van der Waals surface area (Å²) in [6, 6.07) is 2.23. The van der Waals surface area contributed by atoms with Gasteiger partial charge in [0.15, 0.2) is 0 Å². The molecule has 1 saturated carbocycles. The van der Waals surface area contributed by atoms with Crippen molar-refractivity contribution in [2.45, 2.75) is 71.4 Å². The summed E-state index contributed by atoms with van der Waals surface area (Å²) in [7, 11) is 0. The summed E-state index contributed by atoms with van der Waals surface area (Å²) in [6.07, 6.45) is 7.17. The Morgan fingerprint density at radius 1 is 1.37 bits per heavy atom. The molecule has 0 spiro atoms. The standard InChI is InChI=1S/C16H29N3/c1-5-11-19-15(9-10-18-19)14-8-6-7-13(14)12-17-16(2,3)4/h9-10,13-14,17H,5-8,11-12H2,1-4H3. The van der Waals surface area contributed by atoms with E-state index in [1.165, 1.54) is 25.0 Å². The van der Waals surface area contributed by atoms with E-state index in [-0.39, 0.29) is 5.54 Å². The number of hydrogen-bond donors (Lipinski definition) is 1. The molecule has 3 heteroatoms. The first-order valence-corrected chi connectivity index (χ1v) is 7.78. The fourth-order valence-corrected chi connectivity index (χ4v) is 3.16. The molecule has 0 aliphatic heterocycles. The van der Waals surface area contributed by atoms with Crippen LogP contribution in [0.5, 0.6) is 0 Å². The molecule has 1 aliphatic carbocycles. The van der Waals surface area contributed by atoms with Crippen LogP contribution in [0.1, 0.15) is 65.0 Å². The third kappa shape index (κ3) is 3.82. The summed E-state index contributed by atoms with van der Waals surface area (Å²) in [6.45, 7) is 11.2. The maximum atomic E-state index is 4.49. The van der Waals surface area contributed by atoms with Crippen LogP contribution in [0.15, 0.2) is 12.3 Å². The molecule has 108 valence electrons. The molecule has 0 bridgehead atoms. The van der Waals surface area contributed by atoms with E-state index in [9.17, 15) is 0 Å². The fourth-order valence-electron chi connectivity index (χ4n) is 3.16. The Morgan fingerprint density at radius 2 is 2.16 bits per heavy atom. The smallest absolute Gasteiger partial charge is 0.0492 e. The zero-order chi connectivity index (χ0) is 13.9.